The summed E-state index contributed by atoms with van der Waals surface area (Å²) in [5.74, 6) is 1.56. The Morgan fingerprint density at radius 3 is 2.86 bits per heavy atom. The van der Waals surface area contributed by atoms with Gasteiger partial charge in [0.25, 0.3) is 0 Å². The van der Waals surface area contributed by atoms with Crippen molar-refractivity contribution in [3.05, 3.63) is 0 Å². The third-order valence-corrected chi connectivity index (χ3v) is 3.43. The molecule has 0 spiro atoms. The third kappa shape index (κ3) is 2.89. The molecule has 0 saturated heterocycles. The maximum absolute atomic E-state index is 11.0. The smallest absolute Gasteiger partial charge is 0.407 e. The van der Waals surface area contributed by atoms with Crippen molar-refractivity contribution in [1.82, 2.24) is 5.32 Å². The van der Waals surface area contributed by atoms with E-state index in [9.17, 15) is 4.79 Å². The molecule has 1 amide bonds. The van der Waals surface area contributed by atoms with E-state index in [1.165, 1.54) is 20.0 Å². The minimum Gasteiger partial charge on any atom is -0.453 e. The van der Waals surface area contributed by atoms with Gasteiger partial charge >= 0.3 is 6.09 Å². The maximum atomic E-state index is 11.0. The van der Waals surface area contributed by atoms with Crippen LogP contribution in [-0.4, -0.2) is 19.2 Å². The molecule has 14 heavy (non-hydrogen) atoms. The lowest BCUT2D eigenvalue weighted by atomic mass is 9.90. The van der Waals surface area contributed by atoms with E-state index in [0.717, 1.165) is 24.7 Å². The van der Waals surface area contributed by atoms with E-state index in [0.29, 0.717) is 6.04 Å². The van der Waals surface area contributed by atoms with Gasteiger partial charge in [-0.05, 0) is 31.1 Å². The molecule has 0 aromatic carbocycles. The van der Waals surface area contributed by atoms with Gasteiger partial charge in [-0.1, -0.05) is 20.3 Å². The number of carbonyl (C=O) groups excluding carboxylic acids is 1. The monoisotopic (exact) mass is 199 g/mol. The van der Waals surface area contributed by atoms with Gasteiger partial charge in [0.15, 0.2) is 0 Å². The van der Waals surface area contributed by atoms with Gasteiger partial charge in [-0.25, -0.2) is 4.79 Å². The van der Waals surface area contributed by atoms with Crippen LogP contribution in [0.15, 0.2) is 0 Å². The van der Waals surface area contributed by atoms with Gasteiger partial charge in [0.2, 0.25) is 0 Å². The summed E-state index contributed by atoms with van der Waals surface area (Å²) in [7, 11) is 1.41. The fourth-order valence-corrected chi connectivity index (χ4v) is 2.22. The highest BCUT2D eigenvalue weighted by atomic mass is 16.5. The van der Waals surface area contributed by atoms with E-state index in [1.807, 2.05) is 0 Å². The second kappa shape index (κ2) is 5.23. The van der Waals surface area contributed by atoms with Crippen LogP contribution in [0.1, 0.15) is 39.5 Å². The number of hydrogen-bond donors (Lipinski definition) is 1. The lowest BCUT2D eigenvalue weighted by Gasteiger charge is -2.17. The second-order valence-corrected chi connectivity index (χ2v) is 4.29. The maximum Gasteiger partial charge on any atom is 0.407 e. The molecule has 1 aliphatic carbocycles. The molecule has 1 rings (SSSR count). The lowest BCUT2D eigenvalue weighted by Crippen LogP contribution is -2.32. The van der Waals surface area contributed by atoms with E-state index < -0.39 is 0 Å². The van der Waals surface area contributed by atoms with Gasteiger partial charge in [0, 0.05) is 6.04 Å². The fraction of sp³-hybridized carbons (Fsp3) is 0.909. The number of nitrogens with one attached hydrogen (secondary N) is 1. The average Bonchev–Trinajstić information content (AvgIpc) is 2.65. The van der Waals surface area contributed by atoms with Crippen LogP contribution >= 0.6 is 0 Å². The van der Waals surface area contributed by atoms with Crippen molar-refractivity contribution in [2.75, 3.05) is 7.11 Å². The number of rotatable bonds is 3. The summed E-state index contributed by atoms with van der Waals surface area (Å²) in [4.78, 5) is 11.0. The first-order valence-corrected chi connectivity index (χ1v) is 5.51. The van der Waals surface area contributed by atoms with Crippen LogP contribution in [0.5, 0.6) is 0 Å². The van der Waals surface area contributed by atoms with Crippen molar-refractivity contribution < 1.29 is 9.53 Å². The molecule has 0 aromatic heterocycles. The Balaban J connectivity index is 2.30. The Labute approximate surface area is 86.2 Å². The minimum atomic E-state index is -0.292. The topological polar surface area (TPSA) is 38.3 Å². The number of carbonyl (C=O) groups is 1. The number of alkyl carbamates (subject to hydrolysis) is 1. The van der Waals surface area contributed by atoms with Crippen LogP contribution in [0.25, 0.3) is 0 Å². The van der Waals surface area contributed by atoms with E-state index in [4.69, 9.17) is 0 Å². The Morgan fingerprint density at radius 1 is 1.57 bits per heavy atom. The van der Waals surface area contributed by atoms with Crippen LogP contribution in [-0.2, 0) is 4.74 Å². The zero-order chi connectivity index (χ0) is 10.6. The zero-order valence-electron chi connectivity index (χ0n) is 9.38. The lowest BCUT2D eigenvalue weighted by molar-refractivity contribution is 0.166. The van der Waals surface area contributed by atoms with Gasteiger partial charge in [-0.15, -0.1) is 0 Å². The van der Waals surface area contributed by atoms with Gasteiger partial charge in [-0.3, -0.25) is 0 Å². The molecule has 2 unspecified atom stereocenters. The van der Waals surface area contributed by atoms with Crippen LogP contribution in [0.3, 0.4) is 0 Å². The predicted molar refractivity (Wildman–Crippen MR) is 56.1 cm³/mol. The van der Waals surface area contributed by atoms with Crippen molar-refractivity contribution in [3.63, 3.8) is 0 Å². The molecule has 0 aliphatic heterocycles. The van der Waals surface area contributed by atoms with Crippen molar-refractivity contribution in [1.29, 1.82) is 0 Å². The van der Waals surface area contributed by atoms with Crippen LogP contribution in [0.2, 0.25) is 0 Å². The minimum absolute atomic E-state index is 0.292. The zero-order valence-corrected chi connectivity index (χ0v) is 9.38. The SMILES string of the molecule is CCC(C)C1CC[C@@H](NC(=O)OC)C1. The second-order valence-electron chi connectivity index (χ2n) is 4.29. The molecule has 1 aliphatic rings. The largest absolute Gasteiger partial charge is 0.453 e. The number of ether oxygens (including phenoxy) is 1. The van der Waals surface area contributed by atoms with Crippen molar-refractivity contribution in [2.24, 2.45) is 11.8 Å². The molecule has 0 radical (unpaired) electrons. The molecule has 1 N–H and O–H groups in total. The Morgan fingerprint density at radius 2 is 2.29 bits per heavy atom. The molecule has 0 aromatic rings. The number of methoxy groups -OCH3 is 1. The third-order valence-electron chi connectivity index (χ3n) is 3.43. The molecule has 0 heterocycles. The van der Waals surface area contributed by atoms with Crippen LogP contribution in [0, 0.1) is 11.8 Å². The van der Waals surface area contributed by atoms with Gasteiger partial charge < -0.3 is 10.1 Å². The molecule has 1 saturated carbocycles. The summed E-state index contributed by atoms with van der Waals surface area (Å²) in [5, 5.41) is 2.88. The highest BCUT2D eigenvalue weighted by Gasteiger charge is 2.28. The Bertz CT molecular complexity index is 194. The first-order chi connectivity index (χ1) is 6.67. The van der Waals surface area contributed by atoms with Crippen molar-refractivity contribution in [3.8, 4) is 0 Å². The predicted octanol–water partition coefficient (Wildman–Crippen LogP) is 2.56. The van der Waals surface area contributed by atoms with Crippen molar-refractivity contribution >= 4 is 6.09 Å². The summed E-state index contributed by atoms with van der Waals surface area (Å²) < 4.78 is 4.58. The summed E-state index contributed by atoms with van der Waals surface area (Å²) in [6.07, 6.45) is 4.40. The molecular formula is C11H21NO2. The van der Waals surface area contributed by atoms with Gasteiger partial charge in [-0.2, -0.15) is 0 Å². The van der Waals surface area contributed by atoms with Crippen molar-refractivity contribution in [2.45, 2.75) is 45.6 Å². The highest BCUT2D eigenvalue weighted by molar-refractivity contribution is 5.67. The molecule has 3 nitrogen and oxygen atoms in total. The molecule has 3 atom stereocenters. The molecule has 1 fully saturated rings. The summed E-state index contributed by atoms with van der Waals surface area (Å²) in [6, 6.07) is 0.335. The fourth-order valence-electron chi connectivity index (χ4n) is 2.22. The Hall–Kier alpha value is -0.730. The summed E-state index contributed by atoms with van der Waals surface area (Å²) in [6.45, 7) is 4.52. The standard InChI is InChI=1S/C11H21NO2/c1-4-8(2)9-5-6-10(7-9)12-11(13)14-3/h8-10H,4-7H2,1-3H3,(H,12,13)/t8?,9?,10-/m1/s1. The van der Waals surface area contributed by atoms with E-state index in [1.54, 1.807) is 0 Å². The molecule has 82 valence electrons. The first-order valence-electron chi connectivity index (χ1n) is 5.51. The molecule has 0 bridgehead atoms. The van der Waals surface area contributed by atoms with E-state index in [2.05, 4.69) is 23.9 Å². The molecule has 3 heteroatoms. The van der Waals surface area contributed by atoms with Crippen LogP contribution in [0.4, 0.5) is 4.79 Å². The normalized spacial score (nSPS) is 28.5. The molecular weight excluding hydrogens is 178 g/mol. The highest BCUT2D eigenvalue weighted by Crippen LogP contribution is 2.32. The van der Waals surface area contributed by atoms with E-state index in [-0.39, 0.29) is 6.09 Å². The quantitative estimate of drug-likeness (QED) is 0.758. The average molecular weight is 199 g/mol. The summed E-state index contributed by atoms with van der Waals surface area (Å²) >= 11 is 0. The Kier molecular flexibility index (Phi) is 4.23. The number of hydrogen-bond acceptors (Lipinski definition) is 2. The first kappa shape index (κ1) is 11.3. The number of amides is 1. The summed E-state index contributed by atoms with van der Waals surface area (Å²) in [5.41, 5.74) is 0. The van der Waals surface area contributed by atoms with Gasteiger partial charge in [0.1, 0.15) is 0 Å². The van der Waals surface area contributed by atoms with Crippen LogP contribution < -0.4 is 5.32 Å². The van der Waals surface area contributed by atoms with Gasteiger partial charge in [0.05, 0.1) is 7.11 Å². The van der Waals surface area contributed by atoms with E-state index >= 15 is 0 Å².